The highest BCUT2D eigenvalue weighted by molar-refractivity contribution is 5.99. The number of ether oxygens (including phenoxy) is 3. The molecule has 2 aromatic carbocycles. The van der Waals surface area contributed by atoms with E-state index in [1.807, 2.05) is 62.4 Å². The number of aliphatic imine (C=N–C) groups is 1. The minimum Gasteiger partial charge on any atom is -0.497 e. The topological polar surface area (TPSA) is 55.3 Å². The molecule has 0 spiro atoms. The van der Waals surface area contributed by atoms with Gasteiger partial charge in [-0.25, -0.2) is 4.99 Å². The van der Waals surface area contributed by atoms with E-state index in [2.05, 4.69) is 48.6 Å². The Balaban J connectivity index is 0.00000158. The second kappa shape index (κ2) is 13.0. The van der Waals surface area contributed by atoms with Crippen molar-refractivity contribution in [2.75, 3.05) is 13.7 Å². The van der Waals surface area contributed by atoms with Crippen molar-refractivity contribution in [1.29, 1.82) is 0 Å². The number of methoxy groups -OCH3 is 1. The van der Waals surface area contributed by atoms with E-state index in [-0.39, 0.29) is 6.04 Å². The minimum absolute atomic E-state index is 0.120. The van der Waals surface area contributed by atoms with Crippen LogP contribution in [0.15, 0.2) is 83.6 Å². The normalized spacial score (nSPS) is 19.3. The number of amidine groups is 1. The fourth-order valence-electron chi connectivity index (χ4n) is 3.58. The average Bonchev–Trinajstić information content (AvgIpc) is 3.33. The van der Waals surface area contributed by atoms with Gasteiger partial charge in [-0.15, -0.1) is 0 Å². The van der Waals surface area contributed by atoms with Crippen LogP contribution in [-0.4, -0.2) is 37.0 Å². The molecule has 6 heteroatoms. The summed E-state index contributed by atoms with van der Waals surface area (Å²) in [6.45, 7) is 9.45. The highest BCUT2D eigenvalue weighted by atomic mass is 16.5. The van der Waals surface area contributed by atoms with Crippen molar-refractivity contribution < 1.29 is 14.2 Å². The second-order valence-electron chi connectivity index (χ2n) is 8.30. The quantitative estimate of drug-likeness (QED) is 0.519. The molecule has 2 aromatic rings. The van der Waals surface area contributed by atoms with Crippen molar-refractivity contribution in [2.45, 2.75) is 53.1 Å². The number of allylic oxidation sites excluding steroid dienone is 1. The molecule has 0 amide bonds. The Hall–Kier alpha value is -3.09. The lowest BCUT2D eigenvalue weighted by atomic mass is 10.1. The van der Waals surface area contributed by atoms with E-state index in [1.54, 1.807) is 7.11 Å². The molecule has 1 aliphatic carbocycles. The fourth-order valence-corrected chi connectivity index (χ4v) is 3.58. The first-order valence-corrected chi connectivity index (χ1v) is 12.1. The molecule has 34 heavy (non-hydrogen) atoms. The zero-order chi connectivity index (χ0) is 24.3. The summed E-state index contributed by atoms with van der Waals surface area (Å²) >= 11 is 0. The first-order valence-electron chi connectivity index (χ1n) is 12.1. The molecule has 4 rings (SSSR count). The van der Waals surface area contributed by atoms with E-state index in [0.29, 0.717) is 19.1 Å². The first kappa shape index (κ1) is 25.5. The molecule has 0 saturated heterocycles. The third-order valence-electron chi connectivity index (χ3n) is 5.28. The molecule has 0 aromatic heterocycles. The maximum Gasteiger partial charge on any atom is 0.223 e. The zero-order valence-electron chi connectivity index (χ0n) is 20.9. The monoisotopic (exact) mass is 463 g/mol. The molecule has 6 nitrogen and oxygen atoms in total. The van der Waals surface area contributed by atoms with Gasteiger partial charge in [-0.05, 0) is 54.3 Å². The SMILES string of the molecule is CC.COC1=CCC(N2NC(OCC(C)C)N=C2c2ccc(OCc3ccccc3)cc2)C=C1. The number of hydrogen-bond acceptors (Lipinski definition) is 6. The highest BCUT2D eigenvalue weighted by Crippen LogP contribution is 2.23. The average molecular weight is 464 g/mol. The van der Waals surface area contributed by atoms with Crippen molar-refractivity contribution in [3.63, 3.8) is 0 Å². The van der Waals surface area contributed by atoms with E-state index >= 15 is 0 Å². The van der Waals surface area contributed by atoms with Crippen LogP contribution in [0.1, 0.15) is 45.2 Å². The van der Waals surface area contributed by atoms with Gasteiger partial charge in [0, 0.05) is 5.56 Å². The Bertz CT molecular complexity index is 968. The molecular weight excluding hydrogens is 426 g/mol. The molecule has 182 valence electrons. The lowest BCUT2D eigenvalue weighted by molar-refractivity contribution is -0.00250. The van der Waals surface area contributed by atoms with Gasteiger partial charge < -0.3 is 14.2 Å². The number of rotatable bonds is 9. The fraction of sp³-hybridized carbons (Fsp3) is 0.393. The lowest BCUT2D eigenvalue weighted by Crippen LogP contribution is -2.48. The maximum absolute atomic E-state index is 5.96. The summed E-state index contributed by atoms with van der Waals surface area (Å²) in [4.78, 5) is 4.83. The summed E-state index contributed by atoms with van der Waals surface area (Å²) < 4.78 is 17.2. The molecule has 2 unspecified atom stereocenters. The smallest absolute Gasteiger partial charge is 0.223 e. The number of hydrazine groups is 1. The third-order valence-corrected chi connectivity index (χ3v) is 5.28. The van der Waals surface area contributed by atoms with Crippen molar-refractivity contribution in [3.05, 3.63) is 89.7 Å². The standard InChI is InChI=1S/C26H31N3O3.C2H6/c1-19(2)17-32-26-27-25(29(28-26)22-11-15-23(30-3)16-12-22)21-9-13-24(14-10-21)31-18-20-7-5-4-6-8-20;1-2/h4-11,13-16,19,22,26,28H,12,17-18H2,1-3H3;1-2H3. The Kier molecular flexibility index (Phi) is 9.74. The van der Waals surface area contributed by atoms with Crippen LogP contribution in [0, 0.1) is 5.92 Å². The van der Waals surface area contributed by atoms with Gasteiger partial charge in [0.25, 0.3) is 0 Å². The minimum atomic E-state index is -0.400. The van der Waals surface area contributed by atoms with Gasteiger partial charge in [0.15, 0.2) is 0 Å². The highest BCUT2D eigenvalue weighted by Gasteiger charge is 2.31. The van der Waals surface area contributed by atoms with Gasteiger partial charge in [-0.3, -0.25) is 5.01 Å². The van der Waals surface area contributed by atoms with Gasteiger partial charge in [-0.1, -0.05) is 64.1 Å². The van der Waals surface area contributed by atoms with Crippen LogP contribution >= 0.6 is 0 Å². The molecule has 1 heterocycles. The van der Waals surface area contributed by atoms with E-state index in [4.69, 9.17) is 19.2 Å². The van der Waals surface area contributed by atoms with Crippen LogP contribution in [0.3, 0.4) is 0 Å². The Morgan fingerprint density at radius 3 is 2.41 bits per heavy atom. The summed E-state index contributed by atoms with van der Waals surface area (Å²) in [6.07, 6.45) is 6.63. The molecular formula is C28H37N3O3. The zero-order valence-corrected chi connectivity index (χ0v) is 20.9. The van der Waals surface area contributed by atoms with Crippen LogP contribution in [0.2, 0.25) is 0 Å². The number of hydrogen-bond donors (Lipinski definition) is 1. The first-order chi connectivity index (χ1) is 16.6. The molecule has 1 aliphatic heterocycles. The molecule has 0 fully saturated rings. The second-order valence-corrected chi connectivity index (χ2v) is 8.30. The summed E-state index contributed by atoms with van der Waals surface area (Å²) in [5.41, 5.74) is 5.57. The summed E-state index contributed by atoms with van der Waals surface area (Å²) in [6, 6.07) is 18.3. The van der Waals surface area contributed by atoms with E-state index in [9.17, 15) is 0 Å². The number of nitrogens with zero attached hydrogens (tertiary/aromatic N) is 2. The van der Waals surface area contributed by atoms with Gasteiger partial charge in [-0.2, -0.15) is 5.43 Å². The van der Waals surface area contributed by atoms with Gasteiger partial charge >= 0.3 is 0 Å². The number of benzene rings is 2. The van der Waals surface area contributed by atoms with Crippen molar-refractivity contribution >= 4 is 5.84 Å². The van der Waals surface area contributed by atoms with Crippen molar-refractivity contribution in [2.24, 2.45) is 10.9 Å². The van der Waals surface area contributed by atoms with Gasteiger partial charge in [0.2, 0.25) is 6.35 Å². The maximum atomic E-state index is 5.96. The summed E-state index contributed by atoms with van der Waals surface area (Å²) in [5, 5.41) is 2.09. The van der Waals surface area contributed by atoms with Gasteiger partial charge in [0.1, 0.15) is 24.0 Å². The van der Waals surface area contributed by atoms with Gasteiger partial charge in [0.05, 0.1) is 19.8 Å². The largest absolute Gasteiger partial charge is 0.497 e. The van der Waals surface area contributed by atoms with Crippen LogP contribution in [-0.2, 0) is 16.1 Å². The Labute approximate surface area is 203 Å². The molecule has 0 saturated carbocycles. The van der Waals surface area contributed by atoms with E-state index in [1.165, 1.54) is 0 Å². The van der Waals surface area contributed by atoms with Crippen LogP contribution in [0.4, 0.5) is 0 Å². The molecule has 1 N–H and O–H groups in total. The van der Waals surface area contributed by atoms with Crippen molar-refractivity contribution in [3.8, 4) is 5.75 Å². The lowest BCUT2D eigenvalue weighted by Gasteiger charge is -2.30. The van der Waals surface area contributed by atoms with Crippen molar-refractivity contribution in [1.82, 2.24) is 10.4 Å². The van der Waals surface area contributed by atoms with E-state index in [0.717, 1.165) is 34.9 Å². The predicted molar refractivity (Wildman–Crippen MR) is 137 cm³/mol. The number of nitrogens with one attached hydrogen (secondary N) is 1. The molecule has 2 aliphatic rings. The predicted octanol–water partition coefficient (Wildman–Crippen LogP) is 5.67. The van der Waals surface area contributed by atoms with Crippen LogP contribution in [0.5, 0.6) is 5.75 Å². The van der Waals surface area contributed by atoms with Crippen LogP contribution in [0.25, 0.3) is 0 Å². The van der Waals surface area contributed by atoms with Crippen LogP contribution < -0.4 is 10.2 Å². The Morgan fingerprint density at radius 2 is 1.79 bits per heavy atom. The molecule has 0 radical (unpaired) electrons. The Morgan fingerprint density at radius 1 is 1.06 bits per heavy atom. The summed E-state index contributed by atoms with van der Waals surface area (Å²) in [5.74, 6) is 3.00. The third kappa shape index (κ3) is 6.95. The van der Waals surface area contributed by atoms with E-state index < -0.39 is 6.35 Å². The summed E-state index contributed by atoms with van der Waals surface area (Å²) in [7, 11) is 1.69. The molecule has 0 bridgehead atoms. The molecule has 2 atom stereocenters.